The van der Waals surface area contributed by atoms with Gasteiger partial charge in [-0.1, -0.05) is 68.4 Å². The van der Waals surface area contributed by atoms with E-state index < -0.39 is 25.3 Å². The van der Waals surface area contributed by atoms with E-state index in [-0.39, 0.29) is 99.3 Å². The Balaban J connectivity index is 0.000000117. The number of pyridine rings is 4. The van der Waals surface area contributed by atoms with Crippen molar-refractivity contribution in [3.8, 4) is 90.2 Å². The first-order valence-corrected chi connectivity index (χ1v) is 51.6. The number of hydrogen-bond acceptors (Lipinski definition) is 19. The lowest BCUT2D eigenvalue weighted by Gasteiger charge is -2.35. The van der Waals surface area contributed by atoms with Gasteiger partial charge < -0.3 is 62.5 Å². The summed E-state index contributed by atoms with van der Waals surface area (Å²) in [4.78, 5) is 121. The van der Waals surface area contributed by atoms with Crippen LogP contribution in [-0.4, -0.2) is 249 Å². The molecular formula is C111H122F6N28O5. The minimum Gasteiger partial charge on any atom is -0.341 e. The number of alkyl halides is 6. The molecule has 12 aromatic heterocycles. The molecule has 7 aliphatic heterocycles. The third-order valence-electron chi connectivity index (χ3n) is 31.3. The summed E-state index contributed by atoms with van der Waals surface area (Å²) in [7, 11) is 16.1. The Morgan fingerprint density at radius 1 is 0.367 bits per heavy atom. The lowest BCUT2D eigenvalue weighted by atomic mass is 9.95. The number of rotatable bonds is 17. The van der Waals surface area contributed by atoms with Crippen molar-refractivity contribution < 1.29 is 50.3 Å². The zero-order chi connectivity index (χ0) is 105. The number of hydrogen-bond donors (Lipinski definition) is 1. The second kappa shape index (κ2) is 40.7. The maximum atomic E-state index is 14.4. The molecule has 33 nitrogen and oxygen atoms in total. The van der Waals surface area contributed by atoms with E-state index in [1.165, 1.54) is 12.3 Å². The van der Waals surface area contributed by atoms with Crippen LogP contribution in [0.4, 0.5) is 31.1 Å². The molecule has 8 aliphatic rings. The molecule has 0 spiro atoms. The van der Waals surface area contributed by atoms with Gasteiger partial charge in [0.2, 0.25) is 23.6 Å². The van der Waals surface area contributed by atoms with Crippen molar-refractivity contribution >= 4 is 73.1 Å². The lowest BCUT2D eigenvalue weighted by Crippen LogP contribution is -2.43. The van der Waals surface area contributed by atoms with Crippen molar-refractivity contribution in [1.82, 2.24) is 137 Å². The van der Waals surface area contributed by atoms with Gasteiger partial charge in [-0.05, 0) is 166 Å². The topological polar surface area (TPSA) is 314 Å². The summed E-state index contributed by atoms with van der Waals surface area (Å²) in [5, 5.41) is 19.1. The van der Waals surface area contributed by atoms with Gasteiger partial charge in [-0.25, -0.2) is 71.0 Å². The van der Waals surface area contributed by atoms with Crippen LogP contribution in [0.1, 0.15) is 223 Å². The van der Waals surface area contributed by atoms with E-state index in [0.717, 1.165) is 180 Å². The van der Waals surface area contributed by atoms with Gasteiger partial charge in [-0.2, -0.15) is 15.3 Å². The largest absolute Gasteiger partial charge is 0.341 e. The molecule has 1 saturated carbocycles. The minimum atomic E-state index is -2.74. The van der Waals surface area contributed by atoms with E-state index in [9.17, 15) is 50.3 Å². The van der Waals surface area contributed by atoms with E-state index in [1.54, 1.807) is 132 Å². The van der Waals surface area contributed by atoms with Crippen LogP contribution in [0.3, 0.4) is 0 Å². The molecule has 39 heteroatoms. The average Bonchev–Trinajstić information content (AvgIpc) is 1.59. The van der Waals surface area contributed by atoms with E-state index in [1.807, 2.05) is 123 Å². The molecule has 6 amide bonds. The Kier molecular flexibility index (Phi) is 27.4. The number of carbonyl (C=O) groups is 5. The highest BCUT2D eigenvalue weighted by Gasteiger charge is 2.44. The number of urea groups is 1. The van der Waals surface area contributed by atoms with Crippen LogP contribution in [0, 0.1) is 0 Å². The van der Waals surface area contributed by atoms with Crippen molar-refractivity contribution in [2.24, 2.45) is 28.2 Å². The SMILES string of the molecule is CC1C(=O)N(C)Cc2c(-c3cccc4cc(-c5cn(C)cn5)ncc34)nc(C3CC3)n21.CCN1CCC(c2nc(-c3cccc4nc(-c5cnn(C)c5)c(C(F)F)cc34)c3n2C(C)C(=O)N(C)C3)CC1.CCN1CCC(c2nc(-c3cccc4nc(-c5cnn(C)c5)c(C(F)F)cc34)c3n2C(C)C(=O)N(C)C3)CC1.CNC(=O)N1CCC(c2nc(-c3cccc4nc(-c5cnn(C)c5)c(C(F)F)cc34)c3n2C(C)C(=O)N(C)C3)CC1. The maximum absolute atomic E-state index is 14.4. The van der Waals surface area contributed by atoms with Crippen LogP contribution in [-0.2, 0) is 73.5 Å². The third-order valence-corrected chi connectivity index (χ3v) is 31.3. The van der Waals surface area contributed by atoms with Crippen molar-refractivity contribution in [3.05, 3.63) is 216 Å². The number of benzene rings is 4. The number of halogens is 6. The highest BCUT2D eigenvalue weighted by molar-refractivity contribution is 6.01. The number of fused-ring (bicyclic) bond motifs is 8. The fourth-order valence-electron chi connectivity index (χ4n) is 23.2. The Morgan fingerprint density at radius 3 is 0.967 bits per heavy atom. The molecule has 16 aromatic rings. The number of carbonyl (C=O) groups excluding carboxylic acids is 5. The molecule has 0 bridgehead atoms. The van der Waals surface area contributed by atoms with Crippen LogP contribution in [0.15, 0.2) is 153 Å². The summed E-state index contributed by atoms with van der Waals surface area (Å²) >= 11 is 0. The van der Waals surface area contributed by atoms with Crippen molar-refractivity contribution in [2.75, 3.05) is 87.6 Å². The molecule has 4 fully saturated rings. The molecule has 24 rings (SSSR count). The van der Waals surface area contributed by atoms with Gasteiger partial charge in [0.1, 0.15) is 53.2 Å². The summed E-state index contributed by atoms with van der Waals surface area (Å²) in [5.74, 6) is 4.95. The summed E-state index contributed by atoms with van der Waals surface area (Å²) in [5.41, 5.74) is 15.7. The number of imidazole rings is 5. The number of nitrogens with zero attached hydrogens (tertiary/aromatic N) is 27. The second-order valence-electron chi connectivity index (χ2n) is 41.1. The molecule has 0 radical (unpaired) electrons. The Labute approximate surface area is 863 Å². The quantitative estimate of drug-likeness (QED) is 0.0828. The number of aryl methyl sites for hydroxylation is 4. The summed E-state index contributed by atoms with van der Waals surface area (Å²) in [6.07, 6.45) is 14.9. The second-order valence-corrected chi connectivity index (χ2v) is 41.1. The summed E-state index contributed by atoms with van der Waals surface area (Å²) < 4.78 is 101. The van der Waals surface area contributed by atoms with Gasteiger partial charge in [0.05, 0.1) is 136 Å². The van der Waals surface area contributed by atoms with Crippen molar-refractivity contribution in [3.63, 3.8) is 0 Å². The monoisotopic (exact) mass is 2040 g/mol. The van der Waals surface area contributed by atoms with Crippen molar-refractivity contribution in [1.29, 1.82) is 0 Å². The highest BCUT2D eigenvalue weighted by Crippen LogP contribution is 2.50. The first kappa shape index (κ1) is 101. The predicted octanol–water partition coefficient (Wildman–Crippen LogP) is 18.7. The zero-order valence-electron chi connectivity index (χ0n) is 86.8. The first-order valence-electron chi connectivity index (χ1n) is 51.6. The average molecular weight is 2040 g/mol. The molecule has 3 saturated heterocycles. The molecule has 150 heavy (non-hydrogen) atoms. The lowest BCUT2D eigenvalue weighted by molar-refractivity contribution is -0.136. The molecule has 4 atom stereocenters. The minimum absolute atomic E-state index is 0.00816. The van der Waals surface area contributed by atoms with Gasteiger partial charge in [0.15, 0.2) is 0 Å². The third kappa shape index (κ3) is 18.5. The molecule has 1 N–H and O–H groups in total. The Bertz CT molecular complexity index is 7700. The van der Waals surface area contributed by atoms with Crippen LogP contribution >= 0.6 is 0 Å². The Hall–Kier alpha value is -15.2. The smallest absolute Gasteiger partial charge is 0.317 e. The first-order chi connectivity index (χ1) is 72.2. The predicted molar refractivity (Wildman–Crippen MR) is 558 cm³/mol. The van der Waals surface area contributed by atoms with E-state index in [4.69, 9.17) is 34.9 Å². The number of likely N-dealkylation sites (N-methyl/N-ethyl adjacent to an activating group) is 4. The van der Waals surface area contributed by atoms with Gasteiger partial charge in [0, 0.05) is 208 Å². The molecule has 19 heterocycles. The zero-order valence-corrected chi connectivity index (χ0v) is 86.8. The number of aromatic nitrogens is 20. The number of likely N-dealkylation sites (tertiary alicyclic amines) is 3. The van der Waals surface area contributed by atoms with Crippen LogP contribution in [0.2, 0.25) is 0 Å². The van der Waals surface area contributed by atoms with Gasteiger partial charge >= 0.3 is 6.03 Å². The van der Waals surface area contributed by atoms with E-state index >= 15 is 0 Å². The fraction of sp³-hybridized carbons (Fsp3) is 0.414. The normalized spacial score (nSPS) is 18.6. The molecule has 4 unspecified atom stereocenters. The summed E-state index contributed by atoms with van der Waals surface area (Å²) in [6.45, 7) is 21.0. The summed E-state index contributed by atoms with van der Waals surface area (Å²) in [6, 6.07) is 28.3. The van der Waals surface area contributed by atoms with Crippen LogP contribution in [0.5, 0.6) is 0 Å². The van der Waals surface area contributed by atoms with Crippen LogP contribution in [0.25, 0.3) is 134 Å². The molecular weight excluding hydrogens is 1920 g/mol. The molecule has 4 aromatic carbocycles. The number of nitrogens with one attached hydrogen (secondary N) is 1. The van der Waals surface area contributed by atoms with E-state index in [0.29, 0.717) is 119 Å². The van der Waals surface area contributed by atoms with Crippen molar-refractivity contribution in [2.45, 2.75) is 186 Å². The van der Waals surface area contributed by atoms with Gasteiger partial charge in [-0.3, -0.25) is 38.2 Å². The van der Waals surface area contributed by atoms with Crippen LogP contribution < -0.4 is 5.32 Å². The number of piperidine rings is 3. The van der Waals surface area contributed by atoms with Gasteiger partial charge in [0.25, 0.3) is 19.3 Å². The Morgan fingerprint density at radius 2 is 0.680 bits per heavy atom. The highest BCUT2D eigenvalue weighted by atomic mass is 19.3. The number of amides is 6. The molecule has 778 valence electrons. The fourth-order valence-corrected chi connectivity index (χ4v) is 23.2. The van der Waals surface area contributed by atoms with Gasteiger partial charge in [-0.15, -0.1) is 0 Å². The van der Waals surface area contributed by atoms with E-state index in [2.05, 4.69) is 92.2 Å². The maximum Gasteiger partial charge on any atom is 0.317 e. The standard InChI is InChI=1S/C29H32F2N8O2.2C29H33F2N7O.C24H24N6O/c1-16-28(40)36(3)15-23-25(35-27(39(16)23)17-8-10-38(11-9-17)29(41)32-2)19-6-5-7-22-20(19)12-21(26(30)31)24(34-22)18-13-33-37(4)14-18;2*1-5-37-11-9-18(10-12-37)28-34-26(24-16-35(3)29(39)17(2)38(24)28)20-7-6-8-23-21(20)13-22(27(30)31)25(33-23)19-14-32-36(4)15-19;1-14-24(31)29(3)12-21-22(27-23(30(14)21)15-7-8-15)17-6-4-5-16-9-19(25-10-18(16)17)20-11-28(2)13-26-20/h5-7,12-14,16-17,26H,8-11,15H2,1-4H3,(H,32,41);2*6-8,13-15,17-18,27H,5,9-12,16H2,1-4H3;4-6,9-11,13-15H,7-8,12H2,1-3H3. The molecule has 1 aliphatic carbocycles.